The topological polar surface area (TPSA) is 87.8 Å². The molecule has 6 nitrogen and oxygen atoms in total. The van der Waals surface area contributed by atoms with Gasteiger partial charge in [0.15, 0.2) is 0 Å². The molecule has 18 heavy (non-hydrogen) atoms. The SMILES string of the molecule is CCN(/C=C(/C#N)C(=O)N(CCO)CCO)CC. The Morgan fingerprint density at radius 3 is 2.06 bits per heavy atom. The van der Waals surface area contributed by atoms with E-state index in [9.17, 15) is 4.79 Å². The largest absolute Gasteiger partial charge is 0.395 e. The molecule has 0 atom stereocenters. The molecule has 0 radical (unpaired) electrons. The van der Waals surface area contributed by atoms with Gasteiger partial charge in [-0.15, -0.1) is 0 Å². The molecule has 0 aromatic rings. The van der Waals surface area contributed by atoms with Crippen molar-refractivity contribution in [2.24, 2.45) is 0 Å². The molecule has 0 fully saturated rings. The van der Waals surface area contributed by atoms with Gasteiger partial charge >= 0.3 is 0 Å². The minimum atomic E-state index is -0.465. The highest BCUT2D eigenvalue weighted by molar-refractivity contribution is 5.97. The first-order chi connectivity index (χ1) is 8.64. The smallest absolute Gasteiger partial charge is 0.266 e. The van der Waals surface area contributed by atoms with Crippen molar-refractivity contribution in [1.29, 1.82) is 5.26 Å². The molecule has 0 saturated carbocycles. The number of carbonyl (C=O) groups is 1. The Morgan fingerprint density at radius 1 is 1.22 bits per heavy atom. The minimum Gasteiger partial charge on any atom is -0.395 e. The van der Waals surface area contributed by atoms with E-state index in [1.807, 2.05) is 24.8 Å². The quantitative estimate of drug-likeness (QED) is 0.453. The summed E-state index contributed by atoms with van der Waals surface area (Å²) in [7, 11) is 0. The van der Waals surface area contributed by atoms with Crippen molar-refractivity contribution >= 4 is 5.91 Å². The van der Waals surface area contributed by atoms with E-state index in [1.54, 1.807) is 0 Å². The van der Waals surface area contributed by atoms with Crippen LogP contribution in [0.2, 0.25) is 0 Å². The van der Waals surface area contributed by atoms with E-state index in [0.29, 0.717) is 13.1 Å². The van der Waals surface area contributed by atoms with Crippen LogP contribution in [-0.4, -0.2) is 65.3 Å². The molecule has 1 amide bonds. The summed E-state index contributed by atoms with van der Waals surface area (Å²) in [6.45, 7) is 5.08. The van der Waals surface area contributed by atoms with Gasteiger partial charge in [-0.3, -0.25) is 4.79 Å². The van der Waals surface area contributed by atoms with Gasteiger partial charge in [0.1, 0.15) is 11.6 Å². The number of amides is 1. The van der Waals surface area contributed by atoms with Crippen LogP contribution in [0.5, 0.6) is 0 Å². The molecule has 0 rings (SSSR count). The lowest BCUT2D eigenvalue weighted by Gasteiger charge is -2.21. The van der Waals surface area contributed by atoms with Gasteiger partial charge in [0.2, 0.25) is 0 Å². The fraction of sp³-hybridized carbons (Fsp3) is 0.667. The summed E-state index contributed by atoms with van der Waals surface area (Å²) >= 11 is 0. The highest BCUT2D eigenvalue weighted by atomic mass is 16.3. The van der Waals surface area contributed by atoms with Crippen LogP contribution in [0.25, 0.3) is 0 Å². The Balaban J connectivity index is 4.92. The average molecular weight is 255 g/mol. The third-order valence-corrected chi connectivity index (χ3v) is 2.50. The van der Waals surface area contributed by atoms with Crippen LogP contribution in [0.4, 0.5) is 0 Å². The molecular weight excluding hydrogens is 234 g/mol. The summed E-state index contributed by atoms with van der Waals surface area (Å²) in [6.07, 6.45) is 1.52. The van der Waals surface area contributed by atoms with Crippen molar-refractivity contribution in [2.45, 2.75) is 13.8 Å². The van der Waals surface area contributed by atoms with E-state index in [0.717, 1.165) is 0 Å². The van der Waals surface area contributed by atoms with Crippen molar-refractivity contribution in [3.63, 3.8) is 0 Å². The molecule has 0 unspecified atom stereocenters. The number of rotatable bonds is 8. The fourth-order valence-electron chi connectivity index (χ4n) is 1.45. The summed E-state index contributed by atoms with van der Waals surface area (Å²) in [5.41, 5.74) is 0.0144. The molecule has 0 aliphatic carbocycles. The second kappa shape index (κ2) is 9.45. The number of hydrogen-bond acceptors (Lipinski definition) is 5. The number of nitrogens with zero attached hydrogens (tertiary/aromatic N) is 3. The van der Waals surface area contributed by atoms with Gasteiger partial charge in [0.05, 0.1) is 13.2 Å². The maximum absolute atomic E-state index is 12.0. The fourth-order valence-corrected chi connectivity index (χ4v) is 1.45. The summed E-state index contributed by atoms with van der Waals surface area (Å²) in [4.78, 5) is 15.1. The molecule has 0 aliphatic rings. The molecule has 0 spiro atoms. The molecule has 0 aliphatic heterocycles. The third kappa shape index (κ3) is 5.17. The number of aliphatic hydroxyl groups is 2. The molecular formula is C12H21N3O3. The van der Waals surface area contributed by atoms with Crippen LogP contribution in [0.1, 0.15) is 13.8 Å². The van der Waals surface area contributed by atoms with E-state index in [4.69, 9.17) is 15.5 Å². The van der Waals surface area contributed by atoms with Gasteiger partial charge in [0.25, 0.3) is 5.91 Å². The predicted octanol–water partition coefficient (Wildman–Crippen LogP) is -0.451. The van der Waals surface area contributed by atoms with Crippen molar-refractivity contribution < 1.29 is 15.0 Å². The monoisotopic (exact) mass is 255 g/mol. The van der Waals surface area contributed by atoms with Crippen molar-refractivity contribution in [3.05, 3.63) is 11.8 Å². The number of aliphatic hydroxyl groups excluding tert-OH is 2. The van der Waals surface area contributed by atoms with Crippen LogP contribution < -0.4 is 0 Å². The Labute approximate surface area is 108 Å². The van der Waals surface area contributed by atoms with Gasteiger partial charge in [0, 0.05) is 32.4 Å². The maximum atomic E-state index is 12.0. The number of carbonyl (C=O) groups excluding carboxylic acids is 1. The van der Waals surface area contributed by atoms with E-state index < -0.39 is 5.91 Å². The first-order valence-electron chi connectivity index (χ1n) is 6.01. The van der Waals surface area contributed by atoms with Gasteiger partial charge in [-0.05, 0) is 13.8 Å². The van der Waals surface area contributed by atoms with Crippen LogP contribution in [0.3, 0.4) is 0 Å². The molecule has 6 heteroatoms. The Hall–Kier alpha value is -1.58. The summed E-state index contributed by atoms with van der Waals surface area (Å²) in [5.74, 6) is -0.465. The van der Waals surface area contributed by atoms with E-state index in [1.165, 1.54) is 11.1 Å². The molecule has 0 heterocycles. The molecule has 0 aromatic carbocycles. The Kier molecular flexibility index (Phi) is 8.62. The molecule has 102 valence electrons. The van der Waals surface area contributed by atoms with E-state index >= 15 is 0 Å². The molecule has 0 bridgehead atoms. The van der Waals surface area contributed by atoms with Gasteiger partial charge < -0.3 is 20.0 Å². The summed E-state index contributed by atoms with van der Waals surface area (Å²) in [6, 6.07) is 1.86. The molecule has 0 aromatic heterocycles. The lowest BCUT2D eigenvalue weighted by molar-refractivity contribution is -0.127. The van der Waals surface area contributed by atoms with Gasteiger partial charge in [-0.25, -0.2) is 0 Å². The third-order valence-electron chi connectivity index (χ3n) is 2.50. The van der Waals surface area contributed by atoms with Crippen molar-refractivity contribution in [3.8, 4) is 6.07 Å². The lowest BCUT2D eigenvalue weighted by atomic mass is 10.2. The summed E-state index contributed by atoms with van der Waals surface area (Å²) < 4.78 is 0. The normalized spacial score (nSPS) is 10.9. The first-order valence-corrected chi connectivity index (χ1v) is 6.01. The summed E-state index contributed by atoms with van der Waals surface area (Å²) in [5, 5.41) is 26.7. The zero-order valence-corrected chi connectivity index (χ0v) is 11.0. The van der Waals surface area contributed by atoms with Crippen LogP contribution >= 0.6 is 0 Å². The highest BCUT2D eigenvalue weighted by Gasteiger charge is 2.18. The van der Waals surface area contributed by atoms with E-state index in [-0.39, 0.29) is 31.9 Å². The molecule has 0 saturated heterocycles. The minimum absolute atomic E-state index is 0.0144. The van der Waals surface area contributed by atoms with Crippen molar-refractivity contribution in [1.82, 2.24) is 9.80 Å². The standard InChI is InChI=1S/C12H21N3O3/c1-3-14(4-2)10-11(9-13)12(18)15(5-7-16)6-8-17/h10,16-17H,3-8H2,1-2H3/b11-10-. The van der Waals surface area contributed by atoms with Gasteiger partial charge in [-0.2, -0.15) is 5.26 Å². The average Bonchev–Trinajstić information content (AvgIpc) is 2.39. The van der Waals surface area contributed by atoms with Crippen LogP contribution in [-0.2, 0) is 4.79 Å². The Bertz CT molecular complexity index is 313. The number of nitriles is 1. The van der Waals surface area contributed by atoms with Crippen molar-refractivity contribution in [2.75, 3.05) is 39.4 Å². The first kappa shape index (κ1) is 16.4. The second-order valence-electron chi connectivity index (χ2n) is 3.62. The lowest BCUT2D eigenvalue weighted by Crippen LogP contribution is -2.37. The zero-order chi connectivity index (χ0) is 14.0. The highest BCUT2D eigenvalue weighted by Crippen LogP contribution is 2.03. The van der Waals surface area contributed by atoms with Crippen LogP contribution in [0.15, 0.2) is 11.8 Å². The maximum Gasteiger partial charge on any atom is 0.266 e. The molecule has 2 N–H and O–H groups in total. The number of hydrogen-bond donors (Lipinski definition) is 2. The second-order valence-corrected chi connectivity index (χ2v) is 3.62. The Morgan fingerprint density at radius 2 is 1.72 bits per heavy atom. The van der Waals surface area contributed by atoms with Crippen LogP contribution in [0, 0.1) is 11.3 Å². The van der Waals surface area contributed by atoms with Gasteiger partial charge in [-0.1, -0.05) is 0 Å². The van der Waals surface area contributed by atoms with E-state index in [2.05, 4.69) is 0 Å². The zero-order valence-electron chi connectivity index (χ0n) is 11.0. The predicted molar refractivity (Wildman–Crippen MR) is 67.4 cm³/mol.